The molecule has 3 heteroatoms. The lowest BCUT2D eigenvalue weighted by Gasteiger charge is -2.15. The standard InChI is InChI=1S/C13H21NO2/c1-3-9(2)6-14-7-11(10-4-5-10)12(8-14)13(15)16/h3,10-12H,4-8H2,1-2H3,(H,15,16). The molecule has 0 bridgehead atoms. The van der Waals surface area contributed by atoms with Crippen molar-refractivity contribution in [2.24, 2.45) is 17.8 Å². The molecular formula is C13H21NO2. The number of nitrogens with zero attached hydrogens (tertiary/aromatic N) is 1. The molecule has 1 saturated carbocycles. The van der Waals surface area contributed by atoms with Gasteiger partial charge >= 0.3 is 5.97 Å². The molecule has 0 aromatic rings. The molecule has 0 aromatic heterocycles. The third-order valence-corrected chi connectivity index (χ3v) is 3.95. The van der Waals surface area contributed by atoms with Crippen LogP contribution in [-0.2, 0) is 4.79 Å². The molecule has 1 aliphatic heterocycles. The SMILES string of the molecule is CC=C(C)CN1CC(C(=O)O)C(C2CC2)C1. The molecule has 2 rings (SSSR count). The third-order valence-electron chi connectivity index (χ3n) is 3.95. The van der Waals surface area contributed by atoms with Crippen molar-refractivity contribution in [3.8, 4) is 0 Å². The summed E-state index contributed by atoms with van der Waals surface area (Å²) in [6.45, 7) is 6.80. The molecule has 0 radical (unpaired) electrons. The van der Waals surface area contributed by atoms with Crippen molar-refractivity contribution in [3.05, 3.63) is 11.6 Å². The van der Waals surface area contributed by atoms with Gasteiger partial charge in [0.1, 0.15) is 0 Å². The molecule has 1 aliphatic carbocycles. The second-order valence-corrected chi connectivity index (χ2v) is 5.28. The Bertz CT molecular complexity index is 307. The number of carbonyl (C=O) groups is 1. The average Bonchev–Trinajstić information content (AvgIpc) is 3.00. The highest BCUT2D eigenvalue weighted by Crippen LogP contribution is 2.44. The fourth-order valence-electron chi connectivity index (χ4n) is 2.75. The van der Waals surface area contributed by atoms with Gasteiger partial charge < -0.3 is 5.11 Å². The summed E-state index contributed by atoms with van der Waals surface area (Å²) in [4.78, 5) is 13.5. The Kier molecular flexibility index (Phi) is 3.33. The molecule has 0 amide bonds. The Labute approximate surface area is 97.1 Å². The van der Waals surface area contributed by atoms with E-state index in [4.69, 9.17) is 0 Å². The van der Waals surface area contributed by atoms with Gasteiger partial charge in [-0.25, -0.2) is 0 Å². The van der Waals surface area contributed by atoms with Crippen molar-refractivity contribution in [1.82, 2.24) is 4.90 Å². The molecule has 2 unspecified atom stereocenters. The van der Waals surface area contributed by atoms with Crippen LogP contribution in [0.15, 0.2) is 11.6 Å². The minimum Gasteiger partial charge on any atom is -0.481 e. The summed E-state index contributed by atoms with van der Waals surface area (Å²) in [6.07, 6.45) is 4.59. The molecule has 2 atom stereocenters. The van der Waals surface area contributed by atoms with E-state index in [1.807, 2.05) is 6.92 Å². The van der Waals surface area contributed by atoms with E-state index in [1.165, 1.54) is 18.4 Å². The van der Waals surface area contributed by atoms with Crippen LogP contribution >= 0.6 is 0 Å². The lowest BCUT2D eigenvalue weighted by atomic mass is 9.92. The van der Waals surface area contributed by atoms with Crippen LogP contribution in [0.25, 0.3) is 0 Å². The lowest BCUT2D eigenvalue weighted by molar-refractivity contribution is -0.142. The molecular weight excluding hydrogens is 202 g/mol. The van der Waals surface area contributed by atoms with Crippen LogP contribution in [0.3, 0.4) is 0 Å². The smallest absolute Gasteiger partial charge is 0.308 e. The first-order valence-corrected chi connectivity index (χ1v) is 6.18. The maximum Gasteiger partial charge on any atom is 0.308 e. The Hall–Kier alpha value is -0.830. The largest absolute Gasteiger partial charge is 0.481 e. The summed E-state index contributed by atoms with van der Waals surface area (Å²) in [5, 5.41) is 9.23. The van der Waals surface area contributed by atoms with Gasteiger partial charge in [0.25, 0.3) is 0 Å². The van der Waals surface area contributed by atoms with Gasteiger partial charge in [-0.15, -0.1) is 0 Å². The van der Waals surface area contributed by atoms with Gasteiger partial charge in [-0.3, -0.25) is 9.69 Å². The number of allylic oxidation sites excluding steroid dienone is 1. The van der Waals surface area contributed by atoms with E-state index in [0.29, 0.717) is 11.8 Å². The van der Waals surface area contributed by atoms with E-state index in [9.17, 15) is 9.90 Å². The van der Waals surface area contributed by atoms with Gasteiger partial charge in [-0.2, -0.15) is 0 Å². The normalized spacial score (nSPS) is 32.0. The highest BCUT2D eigenvalue weighted by atomic mass is 16.4. The number of hydrogen-bond donors (Lipinski definition) is 1. The van der Waals surface area contributed by atoms with Crippen LogP contribution in [0.5, 0.6) is 0 Å². The summed E-state index contributed by atoms with van der Waals surface area (Å²) in [5.74, 6) is 0.369. The minimum atomic E-state index is -0.600. The third kappa shape index (κ3) is 2.46. The number of carboxylic acid groups (broad SMARTS) is 1. The van der Waals surface area contributed by atoms with Gasteiger partial charge in [0.15, 0.2) is 0 Å². The quantitative estimate of drug-likeness (QED) is 0.741. The number of likely N-dealkylation sites (tertiary alicyclic amines) is 1. The fraction of sp³-hybridized carbons (Fsp3) is 0.769. The van der Waals surface area contributed by atoms with Gasteiger partial charge in [0, 0.05) is 19.6 Å². The van der Waals surface area contributed by atoms with E-state index in [-0.39, 0.29) is 5.92 Å². The molecule has 2 aliphatic rings. The van der Waals surface area contributed by atoms with Crippen molar-refractivity contribution < 1.29 is 9.90 Å². The Morgan fingerprint density at radius 2 is 2.12 bits per heavy atom. The number of carboxylic acids is 1. The van der Waals surface area contributed by atoms with Crippen LogP contribution in [0.4, 0.5) is 0 Å². The Morgan fingerprint density at radius 3 is 2.62 bits per heavy atom. The topological polar surface area (TPSA) is 40.5 Å². The summed E-state index contributed by atoms with van der Waals surface area (Å²) in [7, 11) is 0. The predicted octanol–water partition coefficient (Wildman–Crippen LogP) is 2.00. The first-order chi connectivity index (χ1) is 7.61. The van der Waals surface area contributed by atoms with Crippen molar-refractivity contribution in [2.75, 3.05) is 19.6 Å². The van der Waals surface area contributed by atoms with Crippen LogP contribution in [0.1, 0.15) is 26.7 Å². The fourth-order valence-corrected chi connectivity index (χ4v) is 2.75. The summed E-state index contributed by atoms with van der Waals surface area (Å²) in [5.41, 5.74) is 1.33. The van der Waals surface area contributed by atoms with Crippen LogP contribution in [0, 0.1) is 17.8 Å². The Balaban J connectivity index is 1.97. The summed E-state index contributed by atoms with van der Waals surface area (Å²) in [6, 6.07) is 0. The highest BCUT2D eigenvalue weighted by Gasteiger charge is 2.45. The zero-order chi connectivity index (χ0) is 11.7. The molecule has 1 saturated heterocycles. The van der Waals surface area contributed by atoms with Gasteiger partial charge in [0.2, 0.25) is 0 Å². The number of rotatable bonds is 4. The summed E-state index contributed by atoms with van der Waals surface area (Å²) >= 11 is 0. The maximum absolute atomic E-state index is 11.2. The highest BCUT2D eigenvalue weighted by molar-refractivity contribution is 5.71. The molecule has 3 nitrogen and oxygen atoms in total. The van der Waals surface area contributed by atoms with Crippen molar-refractivity contribution >= 4 is 5.97 Å². The zero-order valence-electron chi connectivity index (χ0n) is 10.1. The second kappa shape index (κ2) is 4.58. The molecule has 1 N–H and O–H groups in total. The minimum absolute atomic E-state index is 0.128. The van der Waals surface area contributed by atoms with Crippen LogP contribution < -0.4 is 0 Å². The molecule has 0 aromatic carbocycles. The Morgan fingerprint density at radius 1 is 1.44 bits per heavy atom. The lowest BCUT2D eigenvalue weighted by Crippen LogP contribution is -2.25. The first kappa shape index (κ1) is 11.6. The van der Waals surface area contributed by atoms with E-state index in [1.54, 1.807) is 0 Å². The monoisotopic (exact) mass is 223 g/mol. The molecule has 0 spiro atoms. The van der Waals surface area contributed by atoms with Crippen molar-refractivity contribution in [2.45, 2.75) is 26.7 Å². The van der Waals surface area contributed by atoms with Gasteiger partial charge in [-0.1, -0.05) is 11.6 Å². The van der Waals surface area contributed by atoms with E-state index in [0.717, 1.165) is 19.6 Å². The number of hydrogen-bond acceptors (Lipinski definition) is 2. The van der Waals surface area contributed by atoms with Crippen LogP contribution in [0.2, 0.25) is 0 Å². The van der Waals surface area contributed by atoms with Crippen LogP contribution in [-0.4, -0.2) is 35.6 Å². The molecule has 1 heterocycles. The molecule has 16 heavy (non-hydrogen) atoms. The summed E-state index contributed by atoms with van der Waals surface area (Å²) < 4.78 is 0. The predicted molar refractivity (Wildman–Crippen MR) is 63.2 cm³/mol. The second-order valence-electron chi connectivity index (χ2n) is 5.28. The van der Waals surface area contributed by atoms with E-state index >= 15 is 0 Å². The van der Waals surface area contributed by atoms with E-state index in [2.05, 4.69) is 17.9 Å². The van der Waals surface area contributed by atoms with Gasteiger partial charge in [-0.05, 0) is 38.5 Å². The van der Waals surface area contributed by atoms with Crippen molar-refractivity contribution in [3.63, 3.8) is 0 Å². The molecule has 2 fully saturated rings. The van der Waals surface area contributed by atoms with E-state index < -0.39 is 5.97 Å². The first-order valence-electron chi connectivity index (χ1n) is 6.18. The maximum atomic E-state index is 11.2. The number of aliphatic carboxylic acids is 1. The zero-order valence-corrected chi connectivity index (χ0v) is 10.1. The van der Waals surface area contributed by atoms with Gasteiger partial charge in [0.05, 0.1) is 5.92 Å². The molecule has 90 valence electrons. The van der Waals surface area contributed by atoms with Crippen molar-refractivity contribution in [1.29, 1.82) is 0 Å². The average molecular weight is 223 g/mol.